The molecule has 0 radical (unpaired) electrons. The second-order valence-electron chi connectivity index (χ2n) is 5.39. The van der Waals surface area contributed by atoms with Crippen LogP contribution in [0.2, 0.25) is 6.04 Å². The summed E-state index contributed by atoms with van der Waals surface area (Å²) in [5, 5.41) is 0. The summed E-state index contributed by atoms with van der Waals surface area (Å²) in [5.41, 5.74) is 0. The van der Waals surface area contributed by atoms with Gasteiger partial charge in [0.25, 0.3) is 0 Å². The number of ether oxygens (including phenoxy) is 2. The van der Waals surface area contributed by atoms with Crippen LogP contribution in [0.1, 0.15) is 71.6 Å². The van der Waals surface area contributed by atoms with Gasteiger partial charge in [0.1, 0.15) is 5.91 Å². The van der Waals surface area contributed by atoms with Crippen LogP contribution >= 0.6 is 12.6 Å². The maximum absolute atomic E-state index is 5.61. The molecule has 0 saturated heterocycles. The van der Waals surface area contributed by atoms with Crippen molar-refractivity contribution in [3.8, 4) is 0 Å². The maximum atomic E-state index is 5.61. The van der Waals surface area contributed by atoms with Gasteiger partial charge in [0.2, 0.25) is 0 Å². The van der Waals surface area contributed by atoms with Crippen LogP contribution in [0, 0.1) is 0 Å². The van der Waals surface area contributed by atoms with E-state index in [1.54, 1.807) is 0 Å². The second kappa shape index (κ2) is 17.5. The van der Waals surface area contributed by atoms with E-state index in [1.165, 1.54) is 63.8 Å². The van der Waals surface area contributed by atoms with Crippen molar-refractivity contribution in [1.29, 1.82) is 0 Å². The Balaban J connectivity index is 3.18. The summed E-state index contributed by atoms with van der Waals surface area (Å²) in [6, 6.07) is 1.37. The minimum atomic E-state index is -0.202. The van der Waals surface area contributed by atoms with Gasteiger partial charge in [-0.05, 0) is 26.0 Å². The van der Waals surface area contributed by atoms with Crippen molar-refractivity contribution in [1.82, 2.24) is 0 Å². The van der Waals surface area contributed by atoms with E-state index in [0.717, 1.165) is 19.0 Å². The molecule has 0 bridgehead atoms. The fraction of sp³-hybridized carbons (Fsp3) is 1.00. The van der Waals surface area contributed by atoms with Gasteiger partial charge in [0.15, 0.2) is 0 Å². The van der Waals surface area contributed by atoms with Crippen molar-refractivity contribution >= 4 is 22.1 Å². The van der Waals surface area contributed by atoms with Gasteiger partial charge >= 0.3 is 0 Å². The Hall–Kier alpha value is 0.487. The molecule has 0 atom stereocenters. The molecule has 4 heteroatoms. The minimum Gasteiger partial charge on any atom is -0.357 e. The van der Waals surface area contributed by atoms with Crippen LogP contribution < -0.4 is 0 Å². The first-order valence-electron chi connectivity index (χ1n) is 8.69. The fourth-order valence-corrected chi connectivity index (χ4v) is 4.43. The van der Waals surface area contributed by atoms with E-state index in [9.17, 15) is 0 Å². The predicted molar refractivity (Wildman–Crippen MR) is 95.8 cm³/mol. The highest BCUT2D eigenvalue weighted by molar-refractivity contribution is 7.80. The van der Waals surface area contributed by atoms with E-state index in [-0.39, 0.29) is 15.4 Å². The van der Waals surface area contributed by atoms with E-state index in [0.29, 0.717) is 0 Å². The number of hydrogen-bond donors (Lipinski definition) is 1. The lowest BCUT2D eigenvalue weighted by molar-refractivity contribution is -0.0827. The van der Waals surface area contributed by atoms with Gasteiger partial charge < -0.3 is 9.47 Å². The predicted octanol–water partition coefficient (Wildman–Crippen LogP) is 4.37. The molecule has 0 aliphatic rings. The Kier molecular flexibility index (Phi) is 18.0. The molecule has 0 aromatic rings. The van der Waals surface area contributed by atoms with Gasteiger partial charge in [0, 0.05) is 13.2 Å². The Morgan fingerprint density at radius 1 is 0.750 bits per heavy atom. The van der Waals surface area contributed by atoms with Gasteiger partial charge in [-0.15, -0.1) is 0 Å². The minimum absolute atomic E-state index is 0.164. The summed E-state index contributed by atoms with van der Waals surface area (Å²) in [6.45, 7) is 5.67. The number of rotatable bonds is 16. The van der Waals surface area contributed by atoms with Crippen molar-refractivity contribution in [2.24, 2.45) is 0 Å². The molecule has 0 N–H and O–H groups in total. The van der Waals surface area contributed by atoms with Crippen LogP contribution in [0.5, 0.6) is 0 Å². The monoisotopic (exact) mass is 320 g/mol. The average molecular weight is 321 g/mol. The molecule has 0 aromatic carbocycles. The van der Waals surface area contributed by atoms with E-state index in [4.69, 9.17) is 9.47 Å². The van der Waals surface area contributed by atoms with Crippen LogP contribution in [0.25, 0.3) is 0 Å². The molecule has 20 heavy (non-hydrogen) atoms. The van der Waals surface area contributed by atoms with Gasteiger partial charge in [-0.1, -0.05) is 57.4 Å². The van der Waals surface area contributed by atoms with Crippen molar-refractivity contribution in [3.63, 3.8) is 0 Å². The lowest BCUT2D eigenvalue weighted by Crippen LogP contribution is -2.24. The topological polar surface area (TPSA) is 18.5 Å². The standard InChI is InChI=1S/C16H36O2SSi/c1-3-17-16(18-4-2)20-15-13-11-9-7-5-6-8-10-12-14-19/h16,19H,3-15,20H2,1-2H3. The number of hydrogen-bond acceptors (Lipinski definition) is 3. The normalized spacial score (nSPS) is 12.0. The first kappa shape index (κ1) is 20.5. The third kappa shape index (κ3) is 14.9. The van der Waals surface area contributed by atoms with Crippen molar-refractivity contribution < 1.29 is 9.47 Å². The lowest BCUT2D eigenvalue weighted by atomic mass is 10.1. The SMILES string of the molecule is CCOC(OCC)[SiH2]CCCCCCCCCCCS. The van der Waals surface area contributed by atoms with E-state index in [1.807, 2.05) is 0 Å². The Morgan fingerprint density at radius 3 is 1.65 bits per heavy atom. The summed E-state index contributed by atoms with van der Waals surface area (Å²) in [6.07, 6.45) is 12.5. The molecule has 0 aliphatic carbocycles. The molecule has 122 valence electrons. The summed E-state index contributed by atoms with van der Waals surface area (Å²) in [7, 11) is -0.202. The molecule has 0 amide bonds. The third-order valence-corrected chi connectivity index (χ3v) is 5.72. The van der Waals surface area contributed by atoms with Crippen LogP contribution in [0.4, 0.5) is 0 Å². The summed E-state index contributed by atoms with van der Waals surface area (Å²) >= 11 is 4.24. The van der Waals surface area contributed by atoms with E-state index < -0.39 is 0 Å². The van der Waals surface area contributed by atoms with Crippen molar-refractivity contribution in [3.05, 3.63) is 0 Å². The highest BCUT2D eigenvalue weighted by Crippen LogP contribution is 2.11. The molecule has 0 heterocycles. The second-order valence-corrected chi connectivity index (χ2v) is 7.79. The zero-order valence-corrected chi connectivity index (χ0v) is 16.0. The smallest absolute Gasteiger partial charge is 0.134 e. The maximum Gasteiger partial charge on any atom is 0.134 e. The van der Waals surface area contributed by atoms with Crippen molar-refractivity contribution in [2.45, 2.75) is 83.6 Å². The third-order valence-electron chi connectivity index (χ3n) is 3.55. The fourth-order valence-electron chi connectivity index (χ4n) is 2.42. The lowest BCUT2D eigenvalue weighted by Gasteiger charge is -2.16. The molecule has 0 aliphatic heterocycles. The molecule has 0 rings (SSSR count). The van der Waals surface area contributed by atoms with Gasteiger partial charge in [-0.3, -0.25) is 0 Å². The van der Waals surface area contributed by atoms with Gasteiger partial charge in [-0.25, -0.2) is 0 Å². The molecule has 0 fully saturated rings. The molecule has 0 aromatic heterocycles. The molecular formula is C16H36O2SSi. The van der Waals surface area contributed by atoms with Crippen LogP contribution in [-0.4, -0.2) is 34.4 Å². The summed E-state index contributed by atoms with van der Waals surface area (Å²) in [4.78, 5) is 0. The largest absolute Gasteiger partial charge is 0.357 e. The first-order valence-corrected chi connectivity index (χ1v) is 11.1. The zero-order valence-electron chi connectivity index (χ0n) is 13.7. The van der Waals surface area contributed by atoms with E-state index in [2.05, 4.69) is 26.5 Å². The molecule has 0 saturated carbocycles. The molecular weight excluding hydrogens is 284 g/mol. The highest BCUT2D eigenvalue weighted by Gasteiger charge is 2.07. The number of thiol groups is 1. The highest BCUT2D eigenvalue weighted by atomic mass is 32.1. The van der Waals surface area contributed by atoms with Crippen molar-refractivity contribution in [2.75, 3.05) is 19.0 Å². The summed E-state index contributed by atoms with van der Waals surface area (Å²) < 4.78 is 11.2. The number of unbranched alkanes of at least 4 members (excludes halogenated alkanes) is 8. The zero-order chi connectivity index (χ0) is 14.9. The summed E-state index contributed by atoms with van der Waals surface area (Å²) in [5.74, 6) is 1.21. The van der Waals surface area contributed by atoms with Gasteiger partial charge in [0.05, 0.1) is 9.52 Å². The Labute approximate surface area is 134 Å². The molecule has 0 unspecified atom stereocenters. The average Bonchev–Trinajstić information content (AvgIpc) is 2.45. The molecule has 0 spiro atoms. The molecule has 2 nitrogen and oxygen atoms in total. The van der Waals surface area contributed by atoms with Crippen LogP contribution in [0.3, 0.4) is 0 Å². The first-order chi connectivity index (χ1) is 9.85. The Bertz CT molecular complexity index is 176. The van der Waals surface area contributed by atoms with Crippen LogP contribution in [-0.2, 0) is 9.47 Å². The quantitative estimate of drug-likeness (QED) is 0.197. The van der Waals surface area contributed by atoms with E-state index >= 15 is 0 Å². The Morgan fingerprint density at radius 2 is 1.20 bits per heavy atom. The van der Waals surface area contributed by atoms with Crippen LogP contribution in [0.15, 0.2) is 0 Å². The van der Waals surface area contributed by atoms with Gasteiger partial charge in [-0.2, -0.15) is 12.6 Å².